The van der Waals surface area contributed by atoms with Gasteiger partial charge >= 0.3 is 0 Å². The third-order valence-electron chi connectivity index (χ3n) is 4.28. The maximum Gasteiger partial charge on any atom is 0.254 e. The summed E-state index contributed by atoms with van der Waals surface area (Å²) >= 11 is 0. The zero-order chi connectivity index (χ0) is 18.0. The van der Waals surface area contributed by atoms with Gasteiger partial charge in [-0.05, 0) is 24.5 Å². The number of piperazine rings is 1. The molecule has 1 N–H and O–H groups in total. The highest BCUT2D eigenvalue weighted by Gasteiger charge is 2.24. The van der Waals surface area contributed by atoms with Crippen molar-refractivity contribution in [2.75, 3.05) is 19.6 Å². The van der Waals surface area contributed by atoms with E-state index in [4.69, 9.17) is 4.52 Å². The Morgan fingerprint density at radius 3 is 2.92 bits per heavy atom. The lowest BCUT2D eigenvalue weighted by atomic mass is 9.92. The maximum atomic E-state index is 12.8. The van der Waals surface area contributed by atoms with E-state index in [1.807, 2.05) is 29.2 Å². The summed E-state index contributed by atoms with van der Waals surface area (Å²) in [5.74, 6) is 1.20. The number of hydrogen-bond donors (Lipinski definition) is 1. The lowest BCUT2D eigenvalue weighted by Crippen LogP contribution is -2.52. The first-order valence-corrected chi connectivity index (χ1v) is 8.78. The zero-order valence-electron chi connectivity index (χ0n) is 15.4. The van der Waals surface area contributed by atoms with Gasteiger partial charge < -0.3 is 14.7 Å². The van der Waals surface area contributed by atoms with Crippen LogP contribution in [0.4, 0.5) is 0 Å². The monoisotopic (exact) mass is 342 g/mol. The van der Waals surface area contributed by atoms with Crippen LogP contribution >= 0.6 is 0 Å². The molecule has 0 aliphatic carbocycles. The van der Waals surface area contributed by atoms with Crippen LogP contribution in [0.1, 0.15) is 43.9 Å². The van der Waals surface area contributed by atoms with Gasteiger partial charge in [0.2, 0.25) is 11.7 Å². The smallest absolute Gasteiger partial charge is 0.254 e. The molecule has 1 fully saturated rings. The molecule has 0 saturated carbocycles. The van der Waals surface area contributed by atoms with E-state index in [2.05, 4.69) is 43.2 Å². The minimum absolute atomic E-state index is 0.0502. The largest absolute Gasteiger partial charge is 0.339 e. The summed E-state index contributed by atoms with van der Waals surface area (Å²) in [6.07, 6.45) is 0.719. The normalized spacial score (nSPS) is 18.4. The van der Waals surface area contributed by atoms with Crippen molar-refractivity contribution < 1.29 is 9.32 Å². The second-order valence-electron chi connectivity index (χ2n) is 7.88. The topological polar surface area (TPSA) is 71.3 Å². The number of nitrogens with zero attached hydrogens (tertiary/aromatic N) is 3. The van der Waals surface area contributed by atoms with Crippen molar-refractivity contribution in [1.82, 2.24) is 20.4 Å². The van der Waals surface area contributed by atoms with Crippen molar-refractivity contribution in [3.05, 3.63) is 35.7 Å². The molecule has 134 valence electrons. The highest BCUT2D eigenvalue weighted by Crippen LogP contribution is 2.23. The number of amides is 1. The summed E-state index contributed by atoms with van der Waals surface area (Å²) in [6, 6.07) is 7.66. The molecule has 25 heavy (non-hydrogen) atoms. The molecule has 0 radical (unpaired) electrons. The molecule has 3 rings (SSSR count). The molecule has 0 unspecified atom stereocenters. The summed E-state index contributed by atoms with van der Waals surface area (Å²) in [5.41, 5.74) is 1.55. The van der Waals surface area contributed by atoms with Gasteiger partial charge in [0.1, 0.15) is 0 Å². The molecular formula is C19H26N4O2. The van der Waals surface area contributed by atoms with Crippen LogP contribution in [-0.4, -0.2) is 46.6 Å². The molecule has 1 aliphatic rings. The number of benzene rings is 1. The zero-order valence-corrected chi connectivity index (χ0v) is 15.4. The van der Waals surface area contributed by atoms with Crippen molar-refractivity contribution in [3.63, 3.8) is 0 Å². The number of carbonyl (C=O) groups excluding carboxylic acids is 1. The fraction of sp³-hybridized carbons (Fsp3) is 0.526. The van der Waals surface area contributed by atoms with E-state index in [1.54, 1.807) is 0 Å². The molecule has 1 aromatic carbocycles. The van der Waals surface area contributed by atoms with Crippen LogP contribution < -0.4 is 5.32 Å². The predicted octanol–water partition coefficient (Wildman–Crippen LogP) is 2.76. The van der Waals surface area contributed by atoms with E-state index in [0.29, 0.717) is 17.3 Å². The molecule has 0 spiro atoms. The molecule has 6 heteroatoms. The number of aromatic nitrogens is 2. The predicted molar refractivity (Wildman–Crippen MR) is 96.3 cm³/mol. The van der Waals surface area contributed by atoms with Gasteiger partial charge in [0.05, 0.1) is 0 Å². The Balaban J connectivity index is 1.81. The Labute approximate surface area is 148 Å². The second kappa shape index (κ2) is 6.96. The second-order valence-corrected chi connectivity index (χ2v) is 7.88. The van der Waals surface area contributed by atoms with Gasteiger partial charge in [-0.2, -0.15) is 4.98 Å². The third kappa shape index (κ3) is 4.25. The van der Waals surface area contributed by atoms with Gasteiger partial charge in [-0.25, -0.2) is 0 Å². The fourth-order valence-electron chi connectivity index (χ4n) is 3.00. The molecule has 6 nitrogen and oxygen atoms in total. The van der Waals surface area contributed by atoms with Crippen LogP contribution in [-0.2, 0) is 6.42 Å². The summed E-state index contributed by atoms with van der Waals surface area (Å²) in [6.45, 7) is 10.8. The molecule has 2 aromatic rings. The molecule has 1 aromatic heterocycles. The summed E-state index contributed by atoms with van der Waals surface area (Å²) in [7, 11) is 0. The van der Waals surface area contributed by atoms with Crippen LogP contribution in [0, 0.1) is 5.41 Å². The van der Waals surface area contributed by atoms with E-state index in [-0.39, 0.29) is 17.4 Å². The van der Waals surface area contributed by atoms with Crippen LogP contribution in [0.5, 0.6) is 0 Å². The van der Waals surface area contributed by atoms with Gasteiger partial charge in [0.15, 0.2) is 0 Å². The van der Waals surface area contributed by atoms with Gasteiger partial charge in [0, 0.05) is 43.2 Å². The summed E-state index contributed by atoms with van der Waals surface area (Å²) in [4.78, 5) is 19.2. The van der Waals surface area contributed by atoms with Crippen molar-refractivity contribution in [3.8, 4) is 11.4 Å². The van der Waals surface area contributed by atoms with E-state index in [1.165, 1.54) is 0 Å². The van der Waals surface area contributed by atoms with E-state index in [0.717, 1.165) is 31.6 Å². The Morgan fingerprint density at radius 1 is 1.40 bits per heavy atom. The minimum Gasteiger partial charge on any atom is -0.339 e. The molecule has 1 amide bonds. The number of nitrogens with one attached hydrogen (secondary N) is 1. The van der Waals surface area contributed by atoms with E-state index >= 15 is 0 Å². The SMILES string of the molecule is C[C@H]1CNCCN1C(=O)c1cccc(-c2noc(CC(C)(C)C)n2)c1. The van der Waals surface area contributed by atoms with Gasteiger partial charge in [0.25, 0.3) is 5.91 Å². The molecule has 0 bridgehead atoms. The van der Waals surface area contributed by atoms with E-state index < -0.39 is 0 Å². The van der Waals surface area contributed by atoms with Gasteiger partial charge in [-0.3, -0.25) is 4.79 Å². The van der Waals surface area contributed by atoms with Crippen LogP contribution in [0.2, 0.25) is 0 Å². The van der Waals surface area contributed by atoms with Crippen molar-refractivity contribution in [2.45, 2.75) is 40.2 Å². The summed E-state index contributed by atoms with van der Waals surface area (Å²) < 4.78 is 5.36. The minimum atomic E-state index is 0.0502. The Morgan fingerprint density at radius 2 is 2.20 bits per heavy atom. The number of carbonyl (C=O) groups is 1. The van der Waals surface area contributed by atoms with Crippen molar-refractivity contribution in [2.24, 2.45) is 5.41 Å². The average Bonchev–Trinajstić information content (AvgIpc) is 3.01. The van der Waals surface area contributed by atoms with Crippen LogP contribution in [0.15, 0.2) is 28.8 Å². The van der Waals surface area contributed by atoms with Gasteiger partial charge in [-0.15, -0.1) is 0 Å². The highest BCUT2D eigenvalue weighted by atomic mass is 16.5. The first kappa shape index (κ1) is 17.6. The van der Waals surface area contributed by atoms with E-state index in [9.17, 15) is 4.79 Å². The lowest BCUT2D eigenvalue weighted by Gasteiger charge is -2.34. The lowest BCUT2D eigenvalue weighted by molar-refractivity contribution is 0.0656. The molecular weight excluding hydrogens is 316 g/mol. The molecule has 1 saturated heterocycles. The summed E-state index contributed by atoms with van der Waals surface area (Å²) in [5, 5.41) is 7.38. The fourth-order valence-corrected chi connectivity index (χ4v) is 3.00. The Kier molecular flexibility index (Phi) is 4.90. The maximum absolute atomic E-state index is 12.8. The standard InChI is InChI=1S/C19H26N4O2/c1-13-12-20-8-9-23(13)18(24)15-7-5-6-14(10-15)17-21-16(25-22-17)11-19(2,3)4/h5-7,10,13,20H,8-9,11-12H2,1-4H3/t13-/m0/s1. The Bertz CT molecular complexity index is 748. The van der Waals surface area contributed by atoms with Gasteiger partial charge in [-0.1, -0.05) is 38.1 Å². The van der Waals surface area contributed by atoms with Crippen LogP contribution in [0.25, 0.3) is 11.4 Å². The first-order chi connectivity index (χ1) is 11.8. The average molecular weight is 342 g/mol. The molecule has 1 aliphatic heterocycles. The quantitative estimate of drug-likeness (QED) is 0.929. The van der Waals surface area contributed by atoms with Crippen molar-refractivity contribution in [1.29, 1.82) is 0 Å². The third-order valence-corrected chi connectivity index (χ3v) is 4.28. The van der Waals surface area contributed by atoms with Crippen molar-refractivity contribution >= 4 is 5.91 Å². The number of hydrogen-bond acceptors (Lipinski definition) is 5. The Hall–Kier alpha value is -2.21. The van der Waals surface area contributed by atoms with Crippen LogP contribution in [0.3, 0.4) is 0 Å². The first-order valence-electron chi connectivity index (χ1n) is 8.78. The number of rotatable bonds is 3. The molecule has 2 heterocycles. The highest BCUT2D eigenvalue weighted by molar-refractivity contribution is 5.95. The molecule has 1 atom stereocenters.